The van der Waals surface area contributed by atoms with E-state index in [2.05, 4.69) is 0 Å². The zero-order valence-electron chi connectivity index (χ0n) is 8.14. The molecule has 1 aromatic rings. The molecule has 14 heavy (non-hydrogen) atoms. The van der Waals surface area contributed by atoms with Crippen molar-refractivity contribution in [2.45, 2.75) is 19.1 Å². The van der Waals surface area contributed by atoms with E-state index in [1.165, 1.54) is 0 Å². The summed E-state index contributed by atoms with van der Waals surface area (Å²) in [4.78, 5) is 0. The summed E-state index contributed by atoms with van der Waals surface area (Å²) >= 11 is 0. The number of hydrogen-bond acceptors (Lipinski definition) is 3. The molecule has 0 aromatic heterocycles. The SMILES string of the molecule is CC(O)c1cccc(OC[C@H]2CO2)c1. The van der Waals surface area contributed by atoms with Crippen molar-refractivity contribution in [2.75, 3.05) is 13.2 Å². The van der Waals surface area contributed by atoms with Crippen LogP contribution >= 0.6 is 0 Å². The van der Waals surface area contributed by atoms with Crippen molar-refractivity contribution in [1.29, 1.82) is 0 Å². The summed E-state index contributed by atoms with van der Waals surface area (Å²) in [6.07, 6.45) is -0.180. The molecular weight excluding hydrogens is 180 g/mol. The third-order valence-electron chi connectivity index (χ3n) is 2.18. The summed E-state index contributed by atoms with van der Waals surface area (Å²) in [6.45, 7) is 3.14. The standard InChI is InChI=1S/C11H14O3/c1-8(12)9-3-2-4-10(5-9)13-6-11-7-14-11/h2-5,8,11-12H,6-7H2,1H3/t8?,11-/m0/s1. The minimum Gasteiger partial charge on any atom is -0.491 e. The molecule has 1 unspecified atom stereocenters. The number of aliphatic hydroxyl groups is 1. The van der Waals surface area contributed by atoms with Crippen molar-refractivity contribution in [3.05, 3.63) is 29.8 Å². The predicted molar refractivity (Wildman–Crippen MR) is 52.3 cm³/mol. The van der Waals surface area contributed by atoms with Crippen molar-refractivity contribution >= 4 is 0 Å². The fourth-order valence-electron chi connectivity index (χ4n) is 1.22. The lowest BCUT2D eigenvalue weighted by Gasteiger charge is -2.08. The van der Waals surface area contributed by atoms with Crippen molar-refractivity contribution < 1.29 is 14.6 Å². The van der Waals surface area contributed by atoms with Gasteiger partial charge in [-0.3, -0.25) is 0 Å². The van der Waals surface area contributed by atoms with Gasteiger partial charge >= 0.3 is 0 Å². The maximum absolute atomic E-state index is 9.36. The summed E-state index contributed by atoms with van der Waals surface area (Å²) in [6, 6.07) is 7.50. The van der Waals surface area contributed by atoms with Crippen LogP contribution in [0.15, 0.2) is 24.3 Å². The van der Waals surface area contributed by atoms with Crippen molar-refractivity contribution in [2.24, 2.45) is 0 Å². The Balaban J connectivity index is 1.97. The predicted octanol–water partition coefficient (Wildman–Crippen LogP) is 1.52. The molecule has 0 amide bonds. The van der Waals surface area contributed by atoms with E-state index in [1.807, 2.05) is 24.3 Å². The van der Waals surface area contributed by atoms with Crippen LogP contribution in [0, 0.1) is 0 Å². The van der Waals surface area contributed by atoms with Gasteiger partial charge in [0.2, 0.25) is 0 Å². The highest BCUT2D eigenvalue weighted by atomic mass is 16.6. The Labute approximate surface area is 83.3 Å². The minimum absolute atomic E-state index is 0.269. The summed E-state index contributed by atoms with van der Waals surface area (Å²) in [5.41, 5.74) is 0.874. The molecule has 2 atom stereocenters. The van der Waals surface area contributed by atoms with Gasteiger partial charge in [0.15, 0.2) is 0 Å². The van der Waals surface area contributed by atoms with Gasteiger partial charge in [-0.05, 0) is 24.6 Å². The number of aliphatic hydroxyl groups excluding tert-OH is 1. The van der Waals surface area contributed by atoms with E-state index in [-0.39, 0.29) is 6.10 Å². The minimum atomic E-state index is -0.448. The first kappa shape index (κ1) is 9.49. The highest BCUT2D eigenvalue weighted by Gasteiger charge is 2.23. The summed E-state index contributed by atoms with van der Waals surface area (Å²) in [7, 11) is 0. The van der Waals surface area contributed by atoms with Gasteiger partial charge in [-0.25, -0.2) is 0 Å². The largest absolute Gasteiger partial charge is 0.491 e. The average Bonchev–Trinajstić information content (AvgIpc) is 2.99. The molecule has 3 heteroatoms. The molecule has 3 nitrogen and oxygen atoms in total. The Bertz CT molecular complexity index is 305. The van der Waals surface area contributed by atoms with E-state index in [4.69, 9.17) is 9.47 Å². The Morgan fingerprint density at radius 2 is 2.43 bits per heavy atom. The van der Waals surface area contributed by atoms with Crippen LogP contribution in [0.5, 0.6) is 5.75 Å². The second kappa shape index (κ2) is 3.98. The molecule has 1 heterocycles. The van der Waals surface area contributed by atoms with Gasteiger partial charge in [0, 0.05) is 0 Å². The van der Waals surface area contributed by atoms with Crippen molar-refractivity contribution in [3.63, 3.8) is 0 Å². The third kappa shape index (κ3) is 2.47. The van der Waals surface area contributed by atoms with Crippen molar-refractivity contribution in [1.82, 2.24) is 0 Å². The van der Waals surface area contributed by atoms with E-state index in [1.54, 1.807) is 6.92 Å². The average molecular weight is 194 g/mol. The second-order valence-electron chi connectivity index (χ2n) is 3.51. The zero-order chi connectivity index (χ0) is 9.97. The summed E-state index contributed by atoms with van der Waals surface area (Å²) in [5, 5.41) is 9.36. The highest BCUT2D eigenvalue weighted by molar-refractivity contribution is 5.29. The van der Waals surface area contributed by atoms with Gasteiger partial charge in [-0.15, -0.1) is 0 Å². The van der Waals surface area contributed by atoms with E-state index in [0.29, 0.717) is 6.61 Å². The quantitative estimate of drug-likeness (QED) is 0.739. The van der Waals surface area contributed by atoms with Gasteiger partial charge in [-0.1, -0.05) is 12.1 Å². The zero-order valence-corrected chi connectivity index (χ0v) is 8.14. The number of epoxide rings is 1. The van der Waals surface area contributed by atoms with Crippen LogP contribution in [0.1, 0.15) is 18.6 Å². The summed E-state index contributed by atoms with van der Waals surface area (Å²) < 4.78 is 10.5. The first-order chi connectivity index (χ1) is 6.75. The molecule has 1 aromatic carbocycles. The van der Waals surface area contributed by atoms with Crippen LogP contribution in [0.4, 0.5) is 0 Å². The molecule has 0 bridgehead atoms. The van der Waals surface area contributed by atoms with Crippen LogP contribution < -0.4 is 4.74 Å². The molecule has 1 fully saturated rings. The van der Waals surface area contributed by atoms with Crippen LogP contribution in [0.3, 0.4) is 0 Å². The van der Waals surface area contributed by atoms with E-state index in [9.17, 15) is 5.11 Å². The van der Waals surface area contributed by atoms with Gasteiger partial charge in [-0.2, -0.15) is 0 Å². The van der Waals surface area contributed by atoms with E-state index >= 15 is 0 Å². The fourth-order valence-corrected chi connectivity index (χ4v) is 1.22. The third-order valence-corrected chi connectivity index (χ3v) is 2.18. The molecule has 0 spiro atoms. The van der Waals surface area contributed by atoms with Gasteiger partial charge in [0.25, 0.3) is 0 Å². The number of hydrogen-bond donors (Lipinski definition) is 1. The molecule has 1 N–H and O–H groups in total. The number of rotatable bonds is 4. The highest BCUT2D eigenvalue weighted by Crippen LogP contribution is 2.20. The van der Waals surface area contributed by atoms with Gasteiger partial charge in [0.05, 0.1) is 12.7 Å². The van der Waals surface area contributed by atoms with Crippen LogP contribution in [-0.4, -0.2) is 24.4 Å². The first-order valence-corrected chi connectivity index (χ1v) is 4.78. The van der Waals surface area contributed by atoms with Gasteiger partial charge in [0.1, 0.15) is 18.5 Å². The number of benzene rings is 1. The van der Waals surface area contributed by atoms with Crippen LogP contribution in [-0.2, 0) is 4.74 Å². The van der Waals surface area contributed by atoms with Gasteiger partial charge < -0.3 is 14.6 Å². The molecule has 0 saturated carbocycles. The molecular formula is C11H14O3. The molecule has 1 saturated heterocycles. The first-order valence-electron chi connectivity index (χ1n) is 4.78. The second-order valence-corrected chi connectivity index (χ2v) is 3.51. The van der Waals surface area contributed by atoms with Crippen LogP contribution in [0.25, 0.3) is 0 Å². The maximum Gasteiger partial charge on any atom is 0.119 e. The summed E-state index contributed by atoms with van der Waals surface area (Å²) in [5.74, 6) is 0.791. The van der Waals surface area contributed by atoms with E-state index < -0.39 is 6.10 Å². The Morgan fingerprint density at radius 3 is 3.07 bits per heavy atom. The smallest absolute Gasteiger partial charge is 0.119 e. The Kier molecular flexibility index (Phi) is 2.70. The number of ether oxygens (including phenoxy) is 2. The lowest BCUT2D eigenvalue weighted by molar-refractivity contribution is 0.198. The van der Waals surface area contributed by atoms with Crippen LogP contribution in [0.2, 0.25) is 0 Å². The molecule has 0 radical (unpaired) electrons. The Morgan fingerprint density at radius 1 is 1.64 bits per heavy atom. The van der Waals surface area contributed by atoms with Crippen molar-refractivity contribution in [3.8, 4) is 5.75 Å². The fraction of sp³-hybridized carbons (Fsp3) is 0.455. The molecule has 1 aliphatic rings. The molecule has 2 rings (SSSR count). The lowest BCUT2D eigenvalue weighted by Crippen LogP contribution is -2.04. The Hall–Kier alpha value is -1.06. The molecule has 1 aliphatic heterocycles. The normalized spacial score (nSPS) is 21.7. The monoisotopic (exact) mass is 194 g/mol. The van der Waals surface area contributed by atoms with E-state index in [0.717, 1.165) is 17.9 Å². The maximum atomic E-state index is 9.36. The molecule has 76 valence electrons. The molecule has 0 aliphatic carbocycles. The lowest BCUT2D eigenvalue weighted by atomic mass is 10.1. The topological polar surface area (TPSA) is 42.0 Å².